The quantitative estimate of drug-likeness (QED) is 0.605. The smallest absolute Gasteiger partial charge is 0.286 e. The van der Waals surface area contributed by atoms with Crippen molar-refractivity contribution in [3.8, 4) is 0 Å². The lowest BCUT2D eigenvalue weighted by atomic mass is 10.3. The van der Waals surface area contributed by atoms with Gasteiger partial charge >= 0.3 is 0 Å². The minimum absolute atomic E-state index is 0.110. The van der Waals surface area contributed by atoms with Crippen LogP contribution in [-0.2, 0) is 15.6 Å². The molecule has 0 atom stereocenters. The van der Waals surface area contributed by atoms with Gasteiger partial charge in [0.2, 0.25) is 0 Å². The van der Waals surface area contributed by atoms with Gasteiger partial charge in [0.05, 0.1) is 4.90 Å². The minimum atomic E-state index is -3.57. The van der Waals surface area contributed by atoms with E-state index in [1.165, 1.54) is 36.4 Å². The molecule has 0 spiro atoms. The van der Waals surface area contributed by atoms with Crippen molar-refractivity contribution in [1.29, 1.82) is 0 Å². The number of furan rings is 1. The Hall–Kier alpha value is -1.83. The van der Waals surface area contributed by atoms with Gasteiger partial charge in [-0.1, -0.05) is 25.4 Å². The zero-order valence-corrected chi connectivity index (χ0v) is 17.1. The highest BCUT2D eigenvalue weighted by Gasteiger charge is 2.19. The van der Waals surface area contributed by atoms with Crippen molar-refractivity contribution in [3.63, 3.8) is 0 Å². The predicted molar refractivity (Wildman–Crippen MR) is 106 cm³/mol. The Balaban J connectivity index is 1.90. The molecule has 0 aliphatic rings. The van der Waals surface area contributed by atoms with Gasteiger partial charge in [0.1, 0.15) is 11.5 Å². The van der Waals surface area contributed by atoms with Gasteiger partial charge in [-0.05, 0) is 62.5 Å². The van der Waals surface area contributed by atoms with Crippen molar-refractivity contribution in [1.82, 2.24) is 10.2 Å². The number of benzene rings is 1. The predicted octanol–water partition coefficient (Wildman–Crippen LogP) is 3.37. The van der Waals surface area contributed by atoms with Crippen LogP contribution in [-0.4, -0.2) is 45.4 Å². The number of rotatable bonds is 10. The van der Waals surface area contributed by atoms with Gasteiger partial charge < -0.3 is 14.6 Å². The van der Waals surface area contributed by atoms with Gasteiger partial charge in [-0.3, -0.25) is 4.79 Å². The number of carbonyl (C=O) groups excluding carboxylic acids is 1. The fourth-order valence-electron chi connectivity index (χ4n) is 2.62. The molecular formula is C19H25ClN2O4S. The van der Waals surface area contributed by atoms with E-state index in [2.05, 4.69) is 24.1 Å². The van der Waals surface area contributed by atoms with E-state index in [4.69, 9.17) is 16.0 Å². The Morgan fingerprint density at radius 1 is 1.11 bits per heavy atom. The van der Waals surface area contributed by atoms with Crippen LogP contribution >= 0.6 is 11.6 Å². The Labute approximate surface area is 165 Å². The van der Waals surface area contributed by atoms with Gasteiger partial charge in [-0.2, -0.15) is 0 Å². The third-order valence-electron chi connectivity index (χ3n) is 4.22. The summed E-state index contributed by atoms with van der Waals surface area (Å²) in [5.74, 6) is -0.328. The first-order valence-electron chi connectivity index (χ1n) is 8.93. The summed E-state index contributed by atoms with van der Waals surface area (Å²) in [6.45, 7) is 7.61. The number of halogens is 1. The number of sulfone groups is 1. The molecule has 0 fully saturated rings. The summed E-state index contributed by atoms with van der Waals surface area (Å²) in [5, 5.41) is 3.26. The molecule has 0 radical (unpaired) electrons. The van der Waals surface area contributed by atoms with Crippen LogP contribution < -0.4 is 5.32 Å². The highest BCUT2D eigenvalue weighted by Crippen LogP contribution is 2.20. The highest BCUT2D eigenvalue weighted by molar-refractivity contribution is 7.90. The molecule has 0 saturated heterocycles. The molecular weight excluding hydrogens is 388 g/mol. The van der Waals surface area contributed by atoms with E-state index in [-0.39, 0.29) is 28.1 Å². The summed E-state index contributed by atoms with van der Waals surface area (Å²) in [6, 6.07) is 8.94. The lowest BCUT2D eigenvalue weighted by molar-refractivity contribution is 0.0922. The molecule has 8 heteroatoms. The van der Waals surface area contributed by atoms with Crippen molar-refractivity contribution in [3.05, 3.63) is 52.9 Å². The molecule has 0 aliphatic heterocycles. The summed E-state index contributed by atoms with van der Waals surface area (Å²) >= 11 is 5.79. The van der Waals surface area contributed by atoms with Gasteiger partial charge in [0.15, 0.2) is 15.6 Å². The fourth-order valence-corrected chi connectivity index (χ4v) is 3.99. The molecule has 1 N–H and O–H groups in total. The van der Waals surface area contributed by atoms with Crippen LogP contribution in [0.4, 0.5) is 0 Å². The largest absolute Gasteiger partial charge is 0.455 e. The molecule has 0 bridgehead atoms. The number of nitrogens with zero attached hydrogens (tertiary/aromatic N) is 1. The number of amides is 1. The van der Waals surface area contributed by atoms with E-state index in [0.717, 1.165) is 26.1 Å². The van der Waals surface area contributed by atoms with Crippen molar-refractivity contribution in [2.75, 3.05) is 26.2 Å². The zero-order valence-electron chi connectivity index (χ0n) is 15.6. The maximum Gasteiger partial charge on any atom is 0.286 e. The molecule has 0 aliphatic carbocycles. The lowest BCUT2D eigenvalue weighted by Crippen LogP contribution is -2.29. The first-order valence-corrected chi connectivity index (χ1v) is 11.0. The van der Waals surface area contributed by atoms with Gasteiger partial charge in [-0.25, -0.2) is 8.42 Å². The zero-order chi connectivity index (χ0) is 19.9. The van der Waals surface area contributed by atoms with E-state index in [0.29, 0.717) is 11.6 Å². The van der Waals surface area contributed by atoms with E-state index < -0.39 is 9.84 Å². The summed E-state index contributed by atoms with van der Waals surface area (Å²) in [5.41, 5.74) is 0. The maximum atomic E-state index is 12.4. The summed E-state index contributed by atoms with van der Waals surface area (Å²) in [6.07, 6.45) is 0.839. The topological polar surface area (TPSA) is 79.6 Å². The van der Waals surface area contributed by atoms with Crippen LogP contribution in [0.25, 0.3) is 0 Å². The molecule has 2 aromatic rings. The van der Waals surface area contributed by atoms with Crippen LogP contribution in [0.5, 0.6) is 0 Å². The first kappa shape index (κ1) is 21.5. The molecule has 2 rings (SSSR count). The second kappa shape index (κ2) is 9.92. The molecule has 6 nitrogen and oxygen atoms in total. The number of carbonyl (C=O) groups is 1. The average molecular weight is 413 g/mol. The fraction of sp³-hybridized carbons (Fsp3) is 0.421. The normalized spacial score (nSPS) is 11.7. The molecule has 148 valence electrons. The molecule has 0 unspecified atom stereocenters. The number of hydrogen-bond acceptors (Lipinski definition) is 5. The third kappa shape index (κ3) is 6.37. The maximum absolute atomic E-state index is 12.4. The van der Waals surface area contributed by atoms with Crippen molar-refractivity contribution >= 4 is 27.3 Å². The molecule has 27 heavy (non-hydrogen) atoms. The van der Waals surface area contributed by atoms with E-state index >= 15 is 0 Å². The lowest BCUT2D eigenvalue weighted by Gasteiger charge is -2.17. The van der Waals surface area contributed by atoms with Crippen molar-refractivity contribution < 1.29 is 17.6 Å². The summed E-state index contributed by atoms with van der Waals surface area (Å²) in [4.78, 5) is 14.6. The first-order chi connectivity index (χ1) is 12.9. The highest BCUT2D eigenvalue weighted by atomic mass is 35.5. The van der Waals surface area contributed by atoms with Gasteiger partial charge in [-0.15, -0.1) is 0 Å². The SMILES string of the molecule is CCN(CC)CCCNC(=O)c1ccc(CS(=O)(=O)c2ccc(Cl)cc2)o1. The van der Waals surface area contributed by atoms with Crippen LogP contribution in [0.3, 0.4) is 0 Å². The monoisotopic (exact) mass is 412 g/mol. The van der Waals surface area contributed by atoms with E-state index in [1.54, 1.807) is 0 Å². The molecule has 1 aromatic carbocycles. The summed E-state index contributed by atoms with van der Waals surface area (Å²) in [7, 11) is -3.57. The Kier molecular flexibility index (Phi) is 7.89. The van der Waals surface area contributed by atoms with Crippen molar-refractivity contribution in [2.24, 2.45) is 0 Å². The van der Waals surface area contributed by atoms with Crippen LogP contribution in [0.15, 0.2) is 45.7 Å². The average Bonchev–Trinajstić information content (AvgIpc) is 3.10. The standard InChI is InChI=1S/C19H25ClN2O4S/c1-3-22(4-2)13-5-12-21-19(23)18-11-8-16(26-18)14-27(24,25)17-9-6-15(20)7-10-17/h6-11H,3-5,12-14H2,1-2H3,(H,21,23). The molecule has 1 amide bonds. The van der Waals surface area contributed by atoms with Crippen LogP contribution in [0, 0.1) is 0 Å². The molecule has 1 heterocycles. The van der Waals surface area contributed by atoms with E-state index in [1.807, 2.05) is 0 Å². The Bertz CT molecular complexity index is 843. The molecule has 0 saturated carbocycles. The number of nitrogens with one attached hydrogen (secondary N) is 1. The van der Waals surface area contributed by atoms with Gasteiger partial charge in [0.25, 0.3) is 5.91 Å². The Morgan fingerprint density at radius 2 is 1.78 bits per heavy atom. The van der Waals surface area contributed by atoms with Crippen LogP contribution in [0.2, 0.25) is 5.02 Å². The summed E-state index contributed by atoms with van der Waals surface area (Å²) < 4.78 is 30.3. The minimum Gasteiger partial charge on any atom is -0.455 e. The Morgan fingerprint density at radius 3 is 2.41 bits per heavy atom. The molecule has 1 aromatic heterocycles. The van der Waals surface area contributed by atoms with Gasteiger partial charge in [0, 0.05) is 11.6 Å². The third-order valence-corrected chi connectivity index (χ3v) is 6.13. The van der Waals surface area contributed by atoms with Crippen LogP contribution in [0.1, 0.15) is 36.6 Å². The second-order valence-electron chi connectivity index (χ2n) is 6.12. The number of hydrogen-bond donors (Lipinski definition) is 1. The van der Waals surface area contributed by atoms with Crippen molar-refractivity contribution in [2.45, 2.75) is 30.9 Å². The van der Waals surface area contributed by atoms with E-state index in [9.17, 15) is 13.2 Å². The second-order valence-corrected chi connectivity index (χ2v) is 8.54.